The van der Waals surface area contributed by atoms with Gasteiger partial charge in [0.25, 0.3) is 0 Å². The largest absolute Gasteiger partial charge is 0.454 e. The summed E-state index contributed by atoms with van der Waals surface area (Å²) in [6.07, 6.45) is 8.99. The third-order valence-corrected chi connectivity index (χ3v) is 5.53. The van der Waals surface area contributed by atoms with E-state index in [2.05, 4.69) is 35.3 Å². The lowest BCUT2D eigenvalue weighted by molar-refractivity contribution is 0.0514. The quantitative estimate of drug-likeness (QED) is 0.796. The number of nitrogens with zero attached hydrogens (tertiary/aromatic N) is 1. The summed E-state index contributed by atoms with van der Waals surface area (Å²) in [7, 11) is 1.79. The summed E-state index contributed by atoms with van der Waals surface area (Å²) in [6, 6.07) is 4.38. The number of hydrogen-bond acceptors (Lipinski definition) is 4. The highest BCUT2D eigenvalue weighted by molar-refractivity contribution is 5.58. The van der Waals surface area contributed by atoms with Crippen LogP contribution in [-0.2, 0) is 16.7 Å². The first-order chi connectivity index (χ1) is 10.8. The zero-order valence-electron chi connectivity index (χ0n) is 12.7. The average molecular weight is 297 g/mol. The van der Waals surface area contributed by atoms with Crippen molar-refractivity contribution < 1.29 is 14.2 Å². The van der Waals surface area contributed by atoms with Crippen molar-refractivity contribution >= 4 is 0 Å². The van der Waals surface area contributed by atoms with Gasteiger partial charge in [-0.15, -0.1) is 0 Å². The van der Waals surface area contributed by atoms with Crippen LogP contribution in [0, 0.1) is 0 Å². The molecule has 2 atom stereocenters. The van der Waals surface area contributed by atoms with Crippen LogP contribution in [0.25, 0.3) is 0 Å². The summed E-state index contributed by atoms with van der Waals surface area (Å²) in [5.41, 5.74) is 4.11. The molecule has 3 heterocycles. The second-order valence-corrected chi connectivity index (χ2v) is 6.42. The first kappa shape index (κ1) is 12.7. The predicted molar refractivity (Wildman–Crippen MR) is 82.2 cm³/mol. The molecule has 1 spiro atoms. The highest BCUT2D eigenvalue weighted by Gasteiger charge is 2.50. The summed E-state index contributed by atoms with van der Waals surface area (Å²) in [4.78, 5) is 2.59. The topological polar surface area (TPSA) is 30.9 Å². The van der Waals surface area contributed by atoms with E-state index < -0.39 is 0 Å². The lowest BCUT2D eigenvalue weighted by Crippen LogP contribution is -2.51. The molecule has 0 N–H and O–H groups in total. The Labute approximate surface area is 130 Å². The molecule has 4 heteroatoms. The maximum Gasteiger partial charge on any atom is 0.231 e. The van der Waals surface area contributed by atoms with Crippen LogP contribution in [0.2, 0.25) is 0 Å². The molecule has 0 saturated heterocycles. The molecule has 0 fully saturated rings. The van der Waals surface area contributed by atoms with Gasteiger partial charge in [0.2, 0.25) is 6.79 Å². The van der Waals surface area contributed by atoms with E-state index in [0.29, 0.717) is 6.79 Å². The first-order valence-electron chi connectivity index (χ1n) is 7.91. The molecule has 3 aliphatic heterocycles. The number of hydrogen-bond donors (Lipinski definition) is 0. The van der Waals surface area contributed by atoms with Crippen molar-refractivity contribution in [2.45, 2.75) is 24.5 Å². The molecule has 0 bridgehead atoms. The van der Waals surface area contributed by atoms with Crippen LogP contribution in [0.1, 0.15) is 17.5 Å². The van der Waals surface area contributed by atoms with Gasteiger partial charge in [-0.25, -0.2) is 0 Å². The van der Waals surface area contributed by atoms with Crippen LogP contribution in [0.15, 0.2) is 35.9 Å². The Morgan fingerprint density at radius 1 is 1.27 bits per heavy atom. The zero-order chi connectivity index (χ0) is 14.7. The number of benzene rings is 1. The lowest BCUT2D eigenvalue weighted by Gasteiger charge is -2.48. The van der Waals surface area contributed by atoms with Gasteiger partial charge in [0.05, 0.1) is 11.6 Å². The normalized spacial score (nSPS) is 31.5. The van der Waals surface area contributed by atoms with Gasteiger partial charge in [0.1, 0.15) is 0 Å². The summed E-state index contributed by atoms with van der Waals surface area (Å²) in [5.74, 6) is 1.77. The fraction of sp³-hybridized carbons (Fsp3) is 0.444. The summed E-state index contributed by atoms with van der Waals surface area (Å²) < 4.78 is 16.9. The third kappa shape index (κ3) is 1.49. The average Bonchev–Trinajstić information content (AvgIpc) is 3.16. The van der Waals surface area contributed by atoms with Crippen LogP contribution in [0.3, 0.4) is 0 Å². The van der Waals surface area contributed by atoms with Crippen molar-refractivity contribution in [3.05, 3.63) is 47.1 Å². The molecular weight excluding hydrogens is 278 g/mol. The number of fused-ring (bicyclic) bond motifs is 2. The minimum absolute atomic E-state index is 0.0516. The Hall–Kier alpha value is -1.78. The Balaban J connectivity index is 1.72. The molecule has 22 heavy (non-hydrogen) atoms. The zero-order valence-corrected chi connectivity index (χ0v) is 12.7. The molecule has 5 rings (SSSR count). The van der Waals surface area contributed by atoms with Crippen LogP contribution >= 0.6 is 0 Å². The van der Waals surface area contributed by atoms with E-state index in [1.54, 1.807) is 7.11 Å². The van der Waals surface area contributed by atoms with Crippen LogP contribution < -0.4 is 9.47 Å². The van der Waals surface area contributed by atoms with E-state index in [-0.39, 0.29) is 11.6 Å². The first-order valence-corrected chi connectivity index (χ1v) is 7.91. The molecule has 1 aromatic carbocycles. The molecule has 1 aromatic rings. The van der Waals surface area contributed by atoms with E-state index in [9.17, 15) is 0 Å². The van der Waals surface area contributed by atoms with Crippen molar-refractivity contribution in [3.8, 4) is 11.5 Å². The Kier molecular flexibility index (Phi) is 2.53. The summed E-state index contributed by atoms with van der Waals surface area (Å²) >= 11 is 0. The summed E-state index contributed by atoms with van der Waals surface area (Å²) in [6.45, 7) is 2.43. The van der Waals surface area contributed by atoms with E-state index in [1.165, 1.54) is 16.7 Å². The number of ether oxygens (including phenoxy) is 3. The molecule has 114 valence electrons. The molecule has 1 aliphatic carbocycles. The highest BCUT2D eigenvalue weighted by atomic mass is 16.7. The second kappa shape index (κ2) is 4.37. The maximum absolute atomic E-state index is 5.65. The van der Waals surface area contributed by atoms with Crippen LogP contribution in [-0.4, -0.2) is 38.0 Å². The molecule has 4 aliphatic rings. The Morgan fingerprint density at radius 3 is 3.00 bits per heavy atom. The van der Waals surface area contributed by atoms with Crippen molar-refractivity contribution in [3.63, 3.8) is 0 Å². The van der Waals surface area contributed by atoms with Gasteiger partial charge >= 0.3 is 0 Å². The molecule has 0 aromatic heterocycles. The minimum atomic E-state index is -0.0516. The maximum atomic E-state index is 5.65. The monoisotopic (exact) mass is 297 g/mol. The fourth-order valence-corrected chi connectivity index (χ4v) is 4.45. The van der Waals surface area contributed by atoms with Crippen molar-refractivity contribution in [2.75, 3.05) is 27.0 Å². The smallest absolute Gasteiger partial charge is 0.231 e. The van der Waals surface area contributed by atoms with Crippen molar-refractivity contribution in [1.82, 2.24) is 4.90 Å². The van der Waals surface area contributed by atoms with Gasteiger partial charge in [0, 0.05) is 26.6 Å². The minimum Gasteiger partial charge on any atom is -0.454 e. The lowest BCUT2D eigenvalue weighted by atomic mass is 9.71. The SMILES string of the molecule is CO[C@H]1C=CC2=CCN3CCc4cc5c(cc4[C@@]23C1)OCO5. The van der Waals surface area contributed by atoms with Gasteiger partial charge in [0.15, 0.2) is 11.5 Å². The van der Waals surface area contributed by atoms with E-state index in [0.717, 1.165) is 37.4 Å². The molecule has 0 radical (unpaired) electrons. The van der Waals surface area contributed by atoms with E-state index in [1.807, 2.05) is 0 Å². The Morgan fingerprint density at radius 2 is 2.14 bits per heavy atom. The highest BCUT2D eigenvalue weighted by Crippen LogP contribution is 2.52. The van der Waals surface area contributed by atoms with E-state index in [4.69, 9.17) is 14.2 Å². The van der Waals surface area contributed by atoms with Crippen molar-refractivity contribution in [1.29, 1.82) is 0 Å². The molecule has 4 nitrogen and oxygen atoms in total. The van der Waals surface area contributed by atoms with Gasteiger partial charge < -0.3 is 14.2 Å². The molecule has 0 amide bonds. The van der Waals surface area contributed by atoms with E-state index >= 15 is 0 Å². The van der Waals surface area contributed by atoms with Gasteiger partial charge in [-0.3, -0.25) is 4.90 Å². The Bertz CT molecular complexity index is 709. The van der Waals surface area contributed by atoms with Crippen molar-refractivity contribution in [2.24, 2.45) is 0 Å². The van der Waals surface area contributed by atoms with Crippen LogP contribution in [0.5, 0.6) is 11.5 Å². The number of methoxy groups -OCH3 is 1. The van der Waals surface area contributed by atoms with Gasteiger partial charge in [-0.2, -0.15) is 0 Å². The fourth-order valence-electron chi connectivity index (χ4n) is 4.45. The standard InChI is InChI=1S/C18H19NO3/c1-20-14-3-2-13-5-7-19-6-4-12-8-16-17(22-11-21-16)9-15(12)18(13,19)10-14/h2-3,5,8-9,14H,4,6-7,10-11H2,1H3/t14-,18+/m0/s1. The number of rotatable bonds is 1. The molecule has 0 unspecified atom stereocenters. The van der Waals surface area contributed by atoms with Gasteiger partial charge in [-0.05, 0) is 35.3 Å². The predicted octanol–water partition coefficient (Wildman–Crippen LogP) is 2.38. The molecular formula is C18H19NO3. The molecule has 0 saturated carbocycles. The van der Waals surface area contributed by atoms with Gasteiger partial charge in [-0.1, -0.05) is 18.2 Å². The third-order valence-electron chi connectivity index (χ3n) is 5.53. The van der Waals surface area contributed by atoms with Crippen LogP contribution in [0.4, 0.5) is 0 Å². The summed E-state index contributed by atoms with van der Waals surface area (Å²) in [5, 5.41) is 0. The second-order valence-electron chi connectivity index (χ2n) is 6.42.